The van der Waals surface area contributed by atoms with Crippen molar-refractivity contribution in [3.05, 3.63) is 23.2 Å². The third kappa shape index (κ3) is 4.69. The van der Waals surface area contributed by atoms with Crippen LogP contribution < -0.4 is 10.6 Å². The number of halogens is 1. The summed E-state index contributed by atoms with van der Waals surface area (Å²) in [5.74, 6) is 0.765. The Morgan fingerprint density at radius 2 is 2.20 bits per heavy atom. The molecular formula is C15H21ClN2OS. The molecule has 0 aromatic heterocycles. The van der Waals surface area contributed by atoms with Crippen LogP contribution >= 0.6 is 23.4 Å². The Balaban J connectivity index is 1.80. The average Bonchev–Trinajstić information content (AvgIpc) is 2.46. The summed E-state index contributed by atoms with van der Waals surface area (Å²) in [7, 11) is 0. The zero-order chi connectivity index (χ0) is 14.4. The van der Waals surface area contributed by atoms with E-state index in [1.807, 2.05) is 24.5 Å². The lowest BCUT2D eigenvalue weighted by molar-refractivity contribution is -0.116. The number of carbonyl (C=O) groups excluding carboxylic acids is 1. The normalized spacial score (nSPS) is 16.1. The highest BCUT2D eigenvalue weighted by Crippen LogP contribution is 2.28. The number of hydrogen-bond donors (Lipinski definition) is 2. The van der Waals surface area contributed by atoms with Gasteiger partial charge in [-0.3, -0.25) is 4.79 Å². The topological polar surface area (TPSA) is 41.1 Å². The first-order chi connectivity index (χ1) is 9.69. The Morgan fingerprint density at radius 1 is 1.45 bits per heavy atom. The molecule has 1 amide bonds. The first kappa shape index (κ1) is 15.7. The third-order valence-corrected chi connectivity index (χ3v) is 4.89. The Kier molecular flexibility index (Phi) is 6.20. The number of amides is 1. The van der Waals surface area contributed by atoms with Gasteiger partial charge in [0.15, 0.2) is 0 Å². The molecule has 1 aliphatic rings. The van der Waals surface area contributed by atoms with Crippen LogP contribution in [0.15, 0.2) is 23.1 Å². The molecule has 5 heteroatoms. The van der Waals surface area contributed by atoms with Gasteiger partial charge in [-0.05, 0) is 62.7 Å². The van der Waals surface area contributed by atoms with E-state index in [4.69, 9.17) is 11.6 Å². The Morgan fingerprint density at radius 3 is 2.85 bits per heavy atom. The molecule has 0 spiro atoms. The Labute approximate surface area is 129 Å². The molecule has 0 aliphatic carbocycles. The zero-order valence-electron chi connectivity index (χ0n) is 11.7. The summed E-state index contributed by atoms with van der Waals surface area (Å²) < 4.78 is 0. The van der Waals surface area contributed by atoms with Crippen LogP contribution in [0.5, 0.6) is 0 Å². The summed E-state index contributed by atoms with van der Waals surface area (Å²) in [6, 6.07) is 5.66. The van der Waals surface area contributed by atoms with Crippen molar-refractivity contribution in [3.63, 3.8) is 0 Å². The fourth-order valence-electron chi connectivity index (χ4n) is 2.47. The van der Waals surface area contributed by atoms with E-state index in [0.717, 1.165) is 30.1 Å². The van der Waals surface area contributed by atoms with Crippen molar-refractivity contribution in [2.75, 3.05) is 24.7 Å². The second-order valence-electron chi connectivity index (χ2n) is 5.13. The maximum Gasteiger partial charge on any atom is 0.224 e. The van der Waals surface area contributed by atoms with Gasteiger partial charge in [-0.2, -0.15) is 0 Å². The Hall–Kier alpha value is -0.710. The summed E-state index contributed by atoms with van der Waals surface area (Å²) >= 11 is 7.73. The number of nitrogens with one attached hydrogen (secondary N) is 2. The average molecular weight is 313 g/mol. The van der Waals surface area contributed by atoms with Gasteiger partial charge in [-0.1, -0.05) is 11.6 Å². The fourth-order valence-corrected chi connectivity index (χ4v) is 3.34. The molecule has 110 valence electrons. The van der Waals surface area contributed by atoms with Gasteiger partial charge >= 0.3 is 0 Å². The van der Waals surface area contributed by atoms with E-state index >= 15 is 0 Å². The summed E-state index contributed by atoms with van der Waals surface area (Å²) in [5, 5.41) is 6.96. The number of hydrogen-bond acceptors (Lipinski definition) is 3. The minimum atomic E-state index is 0.0801. The van der Waals surface area contributed by atoms with Gasteiger partial charge in [0.2, 0.25) is 5.91 Å². The molecule has 1 saturated heterocycles. The third-order valence-electron chi connectivity index (χ3n) is 3.67. The standard InChI is InChI=1S/C15H21ClN2OS/c1-20-14-4-3-12(10-13(14)16)18-15(19)5-2-11-6-8-17-9-7-11/h3-4,10-11,17H,2,5-9H2,1H3,(H,18,19). The highest BCUT2D eigenvalue weighted by atomic mass is 35.5. The minimum Gasteiger partial charge on any atom is -0.326 e. The van der Waals surface area contributed by atoms with Gasteiger partial charge in [-0.25, -0.2) is 0 Å². The second kappa shape index (κ2) is 7.91. The van der Waals surface area contributed by atoms with Crippen molar-refractivity contribution in [2.24, 2.45) is 5.92 Å². The van der Waals surface area contributed by atoms with Gasteiger partial charge in [0, 0.05) is 17.0 Å². The van der Waals surface area contributed by atoms with Gasteiger partial charge in [0.1, 0.15) is 0 Å². The van der Waals surface area contributed by atoms with E-state index < -0.39 is 0 Å². The van der Waals surface area contributed by atoms with Crippen LogP contribution in [0.3, 0.4) is 0 Å². The van der Waals surface area contributed by atoms with Crippen molar-refractivity contribution in [3.8, 4) is 0 Å². The molecule has 20 heavy (non-hydrogen) atoms. The van der Waals surface area contributed by atoms with Crippen LogP contribution in [0, 0.1) is 5.92 Å². The maximum absolute atomic E-state index is 11.9. The SMILES string of the molecule is CSc1ccc(NC(=O)CCC2CCNCC2)cc1Cl. The van der Waals surface area contributed by atoms with Crippen molar-refractivity contribution >= 4 is 35.0 Å². The Bertz CT molecular complexity index is 461. The fraction of sp³-hybridized carbons (Fsp3) is 0.533. The molecule has 3 nitrogen and oxygen atoms in total. The smallest absolute Gasteiger partial charge is 0.224 e. The largest absolute Gasteiger partial charge is 0.326 e. The zero-order valence-corrected chi connectivity index (χ0v) is 13.3. The van der Waals surface area contributed by atoms with Gasteiger partial charge in [0.25, 0.3) is 0 Å². The van der Waals surface area contributed by atoms with E-state index in [-0.39, 0.29) is 5.91 Å². The molecule has 2 N–H and O–H groups in total. The monoisotopic (exact) mass is 312 g/mol. The summed E-state index contributed by atoms with van der Waals surface area (Å²) in [4.78, 5) is 13.0. The molecule has 0 unspecified atom stereocenters. The summed E-state index contributed by atoms with van der Waals surface area (Å²) in [6.07, 6.45) is 5.91. The molecule has 1 aliphatic heterocycles. The van der Waals surface area contributed by atoms with E-state index in [1.165, 1.54) is 12.8 Å². The molecule has 0 atom stereocenters. The molecule has 1 aromatic carbocycles. The van der Waals surface area contributed by atoms with Crippen LogP contribution in [0.1, 0.15) is 25.7 Å². The first-order valence-corrected chi connectivity index (χ1v) is 8.63. The predicted molar refractivity (Wildman–Crippen MR) is 86.7 cm³/mol. The number of piperidine rings is 1. The highest BCUT2D eigenvalue weighted by molar-refractivity contribution is 7.98. The number of thioether (sulfide) groups is 1. The molecule has 0 saturated carbocycles. The van der Waals surface area contributed by atoms with Crippen molar-refractivity contribution < 1.29 is 4.79 Å². The molecule has 1 aromatic rings. The number of anilines is 1. The summed E-state index contributed by atoms with van der Waals surface area (Å²) in [6.45, 7) is 2.16. The minimum absolute atomic E-state index is 0.0801. The van der Waals surface area contributed by atoms with Crippen LogP contribution in [0.25, 0.3) is 0 Å². The molecule has 0 radical (unpaired) electrons. The first-order valence-electron chi connectivity index (χ1n) is 7.03. The van der Waals surface area contributed by atoms with Crippen LogP contribution in [-0.2, 0) is 4.79 Å². The maximum atomic E-state index is 11.9. The molecule has 2 rings (SSSR count). The second-order valence-corrected chi connectivity index (χ2v) is 6.38. The highest BCUT2D eigenvalue weighted by Gasteiger charge is 2.14. The van der Waals surface area contributed by atoms with E-state index in [1.54, 1.807) is 11.8 Å². The predicted octanol–water partition coefficient (Wildman–Crippen LogP) is 3.78. The lowest BCUT2D eigenvalue weighted by Crippen LogP contribution is -2.28. The van der Waals surface area contributed by atoms with Gasteiger partial charge in [-0.15, -0.1) is 11.8 Å². The molecular weight excluding hydrogens is 292 g/mol. The number of rotatable bonds is 5. The van der Waals surface area contributed by atoms with E-state index in [0.29, 0.717) is 17.4 Å². The van der Waals surface area contributed by atoms with Crippen LogP contribution in [-0.4, -0.2) is 25.3 Å². The lowest BCUT2D eigenvalue weighted by Gasteiger charge is -2.22. The molecule has 1 fully saturated rings. The van der Waals surface area contributed by atoms with Gasteiger partial charge in [0.05, 0.1) is 5.02 Å². The van der Waals surface area contributed by atoms with Crippen molar-refractivity contribution in [2.45, 2.75) is 30.6 Å². The molecule has 1 heterocycles. The van der Waals surface area contributed by atoms with Crippen LogP contribution in [0.2, 0.25) is 5.02 Å². The lowest BCUT2D eigenvalue weighted by atomic mass is 9.93. The van der Waals surface area contributed by atoms with E-state index in [2.05, 4.69) is 10.6 Å². The van der Waals surface area contributed by atoms with Crippen molar-refractivity contribution in [1.29, 1.82) is 0 Å². The number of carbonyl (C=O) groups is 1. The van der Waals surface area contributed by atoms with Gasteiger partial charge < -0.3 is 10.6 Å². The van der Waals surface area contributed by atoms with E-state index in [9.17, 15) is 4.79 Å². The quantitative estimate of drug-likeness (QED) is 0.813. The van der Waals surface area contributed by atoms with Crippen LogP contribution in [0.4, 0.5) is 5.69 Å². The summed E-state index contributed by atoms with van der Waals surface area (Å²) in [5.41, 5.74) is 0.781. The number of benzene rings is 1. The molecule has 0 bridgehead atoms. The van der Waals surface area contributed by atoms with Crippen molar-refractivity contribution in [1.82, 2.24) is 5.32 Å².